The molecule has 1 aliphatic rings. The lowest BCUT2D eigenvalue weighted by molar-refractivity contribution is -0.139. The molecule has 3 aromatic rings. The molecule has 0 unspecified atom stereocenters. The van der Waals surface area contributed by atoms with Gasteiger partial charge in [0.15, 0.2) is 0 Å². The number of nitrogens with one attached hydrogen (secondary N) is 1. The smallest absolute Gasteiger partial charge is 0.264 e. The van der Waals surface area contributed by atoms with Crippen LogP contribution in [-0.4, -0.2) is 50.9 Å². The maximum Gasteiger partial charge on any atom is 0.264 e. The van der Waals surface area contributed by atoms with Crippen LogP contribution in [0.25, 0.3) is 0 Å². The molecule has 1 fully saturated rings. The predicted molar refractivity (Wildman–Crippen MR) is 165 cm³/mol. The van der Waals surface area contributed by atoms with Crippen molar-refractivity contribution in [1.29, 1.82) is 0 Å². The van der Waals surface area contributed by atoms with E-state index in [0.29, 0.717) is 0 Å². The zero-order valence-electron chi connectivity index (χ0n) is 24.3. The monoisotopic (exact) mass is 611 g/mol. The lowest BCUT2D eigenvalue weighted by Crippen LogP contribution is -2.53. The van der Waals surface area contributed by atoms with Crippen LogP contribution < -0.4 is 14.4 Å². The van der Waals surface area contributed by atoms with Crippen molar-refractivity contribution in [3.8, 4) is 5.75 Å². The van der Waals surface area contributed by atoms with Gasteiger partial charge in [-0.1, -0.05) is 78.9 Å². The molecule has 224 valence electrons. The maximum absolute atomic E-state index is 14.2. The van der Waals surface area contributed by atoms with Gasteiger partial charge in [-0.3, -0.25) is 13.9 Å². The highest BCUT2D eigenvalue weighted by Gasteiger charge is 2.34. The Kier molecular flexibility index (Phi) is 10.5. The average Bonchev–Trinajstić information content (AvgIpc) is 3.00. The number of amides is 2. The van der Waals surface area contributed by atoms with Crippen molar-refractivity contribution >= 4 is 39.1 Å². The second-order valence-corrected chi connectivity index (χ2v) is 13.0. The molecule has 2 amide bonds. The van der Waals surface area contributed by atoms with Gasteiger partial charge in [0, 0.05) is 17.6 Å². The number of anilines is 1. The molecule has 0 aromatic heterocycles. The van der Waals surface area contributed by atoms with Gasteiger partial charge in [-0.25, -0.2) is 8.42 Å². The van der Waals surface area contributed by atoms with Gasteiger partial charge >= 0.3 is 0 Å². The minimum absolute atomic E-state index is 0.00741. The van der Waals surface area contributed by atoms with Crippen LogP contribution in [0, 0.1) is 6.92 Å². The first-order valence-electron chi connectivity index (χ1n) is 14.2. The molecule has 0 bridgehead atoms. The van der Waals surface area contributed by atoms with Crippen LogP contribution in [0.2, 0.25) is 5.02 Å². The number of ether oxygens (including phenoxy) is 1. The number of rotatable bonds is 11. The van der Waals surface area contributed by atoms with Crippen LogP contribution in [0.5, 0.6) is 5.75 Å². The summed E-state index contributed by atoms with van der Waals surface area (Å²) in [5.74, 6) is -0.566. The molecule has 3 aromatic carbocycles. The fourth-order valence-corrected chi connectivity index (χ4v) is 6.74. The zero-order chi connectivity index (χ0) is 30.3. The summed E-state index contributed by atoms with van der Waals surface area (Å²) in [5.41, 5.74) is 2.01. The van der Waals surface area contributed by atoms with Crippen LogP contribution in [0.15, 0.2) is 77.7 Å². The number of carbonyl (C=O) groups excluding carboxylic acids is 2. The highest BCUT2D eigenvalue weighted by Crippen LogP contribution is 2.35. The number of benzene rings is 3. The molecule has 1 aliphatic carbocycles. The van der Waals surface area contributed by atoms with E-state index in [1.54, 1.807) is 37.3 Å². The van der Waals surface area contributed by atoms with Crippen LogP contribution in [0.1, 0.15) is 50.2 Å². The first-order chi connectivity index (χ1) is 20.1. The molecule has 1 N–H and O–H groups in total. The van der Waals surface area contributed by atoms with Crippen molar-refractivity contribution < 1.29 is 22.7 Å². The summed E-state index contributed by atoms with van der Waals surface area (Å²) in [6, 6.07) is 19.4. The summed E-state index contributed by atoms with van der Waals surface area (Å²) in [6.45, 7) is 3.21. The molecule has 10 heteroatoms. The van der Waals surface area contributed by atoms with Crippen molar-refractivity contribution in [2.45, 2.75) is 69.5 Å². The Morgan fingerprint density at radius 1 is 1.00 bits per heavy atom. The third kappa shape index (κ3) is 7.63. The van der Waals surface area contributed by atoms with E-state index in [-0.39, 0.29) is 39.8 Å². The number of hydrogen-bond acceptors (Lipinski definition) is 5. The normalized spacial score (nSPS) is 14.6. The lowest BCUT2D eigenvalue weighted by Gasteiger charge is -2.33. The predicted octanol–water partition coefficient (Wildman–Crippen LogP) is 5.72. The first kappa shape index (κ1) is 31.4. The van der Waals surface area contributed by atoms with E-state index < -0.39 is 28.5 Å². The minimum atomic E-state index is -4.23. The van der Waals surface area contributed by atoms with Gasteiger partial charge in [-0.05, 0) is 62.6 Å². The number of sulfonamides is 1. The van der Waals surface area contributed by atoms with Crippen LogP contribution >= 0.6 is 11.6 Å². The molecule has 1 atom stereocenters. The summed E-state index contributed by atoms with van der Waals surface area (Å²) in [7, 11) is -2.81. The molecule has 0 aliphatic heterocycles. The van der Waals surface area contributed by atoms with E-state index in [1.165, 1.54) is 30.2 Å². The van der Waals surface area contributed by atoms with Crippen LogP contribution in [0.3, 0.4) is 0 Å². The van der Waals surface area contributed by atoms with E-state index in [0.717, 1.165) is 47.5 Å². The minimum Gasteiger partial charge on any atom is -0.495 e. The van der Waals surface area contributed by atoms with E-state index in [1.807, 2.05) is 31.2 Å². The molecule has 42 heavy (non-hydrogen) atoms. The molecule has 0 radical (unpaired) electrons. The Balaban J connectivity index is 1.71. The molecule has 1 saturated carbocycles. The highest BCUT2D eigenvalue weighted by atomic mass is 35.5. The topological polar surface area (TPSA) is 96.0 Å². The van der Waals surface area contributed by atoms with Crippen molar-refractivity contribution in [2.24, 2.45) is 0 Å². The third-order valence-corrected chi connectivity index (χ3v) is 9.62. The standard InChI is InChI=1S/C32H38ClN3O5S/c1-23-14-16-25(17-15-23)21-35(24(2)32(38)34-27-10-6-4-7-11-27)31(37)22-36(29-20-26(33)18-19-30(29)41-3)42(39,40)28-12-8-5-9-13-28/h5,8-9,12-20,24,27H,4,6-7,10-11,21-22H2,1-3H3,(H,34,38)/t24-/m1/s1. The zero-order valence-corrected chi connectivity index (χ0v) is 25.8. The van der Waals surface area contributed by atoms with Gasteiger partial charge in [-0.15, -0.1) is 0 Å². The number of halogens is 1. The summed E-state index contributed by atoms with van der Waals surface area (Å²) >= 11 is 6.29. The molecular weight excluding hydrogens is 574 g/mol. The van der Waals surface area contributed by atoms with Gasteiger partial charge in [0.05, 0.1) is 17.7 Å². The Labute approximate surface area is 253 Å². The van der Waals surface area contributed by atoms with Crippen LogP contribution in [0.4, 0.5) is 5.69 Å². The van der Waals surface area contributed by atoms with Crippen molar-refractivity contribution in [2.75, 3.05) is 18.0 Å². The van der Waals surface area contributed by atoms with Crippen LogP contribution in [-0.2, 0) is 26.2 Å². The first-order valence-corrected chi connectivity index (χ1v) is 16.0. The highest BCUT2D eigenvalue weighted by molar-refractivity contribution is 7.92. The van der Waals surface area contributed by atoms with E-state index in [4.69, 9.17) is 16.3 Å². The third-order valence-electron chi connectivity index (χ3n) is 7.61. The summed E-state index contributed by atoms with van der Waals surface area (Å²) < 4.78 is 34.5. The van der Waals surface area contributed by atoms with Gasteiger partial charge in [0.25, 0.3) is 10.0 Å². The summed E-state index contributed by atoms with van der Waals surface area (Å²) in [4.78, 5) is 29.1. The summed E-state index contributed by atoms with van der Waals surface area (Å²) in [5, 5.41) is 3.39. The number of nitrogens with zero attached hydrogens (tertiary/aromatic N) is 2. The van der Waals surface area contributed by atoms with Crippen molar-refractivity contribution in [1.82, 2.24) is 10.2 Å². The van der Waals surface area contributed by atoms with E-state index in [9.17, 15) is 18.0 Å². The van der Waals surface area contributed by atoms with E-state index >= 15 is 0 Å². The lowest BCUT2D eigenvalue weighted by atomic mass is 9.95. The molecule has 8 nitrogen and oxygen atoms in total. The Morgan fingerprint density at radius 3 is 2.31 bits per heavy atom. The van der Waals surface area contributed by atoms with Gasteiger partial charge < -0.3 is 15.0 Å². The van der Waals surface area contributed by atoms with E-state index in [2.05, 4.69) is 5.32 Å². The van der Waals surface area contributed by atoms with Gasteiger partial charge in [0.2, 0.25) is 11.8 Å². The second kappa shape index (κ2) is 14.1. The largest absolute Gasteiger partial charge is 0.495 e. The number of aryl methyl sites for hydroxylation is 1. The molecule has 4 rings (SSSR count). The Hall–Kier alpha value is -3.56. The fourth-order valence-electron chi connectivity index (χ4n) is 5.13. The molecule has 0 saturated heterocycles. The van der Waals surface area contributed by atoms with Gasteiger partial charge in [-0.2, -0.15) is 0 Å². The molecular formula is C32H38ClN3O5S. The Morgan fingerprint density at radius 2 is 1.67 bits per heavy atom. The second-order valence-electron chi connectivity index (χ2n) is 10.7. The summed E-state index contributed by atoms with van der Waals surface area (Å²) in [6.07, 6.45) is 5.07. The maximum atomic E-state index is 14.2. The van der Waals surface area contributed by atoms with Crippen molar-refractivity contribution in [3.05, 3.63) is 88.9 Å². The average molecular weight is 612 g/mol. The quantitative estimate of drug-likeness (QED) is 0.299. The SMILES string of the molecule is COc1ccc(Cl)cc1N(CC(=O)N(Cc1ccc(C)cc1)[C@H](C)C(=O)NC1CCCCC1)S(=O)(=O)c1ccccc1. The Bertz CT molecular complexity index is 1480. The fraction of sp³-hybridized carbons (Fsp3) is 0.375. The van der Waals surface area contributed by atoms with Gasteiger partial charge in [0.1, 0.15) is 18.3 Å². The van der Waals surface area contributed by atoms with Crippen molar-refractivity contribution in [3.63, 3.8) is 0 Å². The number of carbonyl (C=O) groups is 2. The number of methoxy groups -OCH3 is 1. The molecule has 0 heterocycles. The number of hydrogen-bond donors (Lipinski definition) is 1. The molecule has 0 spiro atoms.